The lowest BCUT2D eigenvalue weighted by molar-refractivity contribution is 0.614. The van der Waals surface area contributed by atoms with Crippen LogP contribution in [0.1, 0.15) is 6.92 Å². The summed E-state index contributed by atoms with van der Waals surface area (Å²) in [7, 11) is -0.767. The van der Waals surface area contributed by atoms with Gasteiger partial charge in [0.15, 0.2) is 9.76 Å². The second-order valence-corrected chi connectivity index (χ2v) is 1.59. The molecule has 0 fully saturated rings. The first-order valence-corrected chi connectivity index (χ1v) is 3.08. The lowest BCUT2D eigenvalue weighted by atomic mass is 10.8. The van der Waals surface area contributed by atoms with Crippen LogP contribution in [0.15, 0.2) is 11.8 Å². The molecule has 1 N–H and O–H groups in total. The van der Waals surface area contributed by atoms with Crippen LogP contribution in [0.25, 0.3) is 0 Å². The molecule has 0 bridgehead atoms. The Hall–Kier alpha value is -0.0831. The highest BCUT2D eigenvalue weighted by Crippen LogP contribution is 1.57. The largest absolute Gasteiger partial charge is 0.434 e. The summed E-state index contributed by atoms with van der Waals surface area (Å²) in [5, 5.41) is 0. The molecule has 0 aromatic rings. The van der Waals surface area contributed by atoms with Crippen molar-refractivity contribution in [2.24, 2.45) is 0 Å². The molecular formula is C3H8OSi. The van der Waals surface area contributed by atoms with Gasteiger partial charge in [-0.1, -0.05) is 11.8 Å². The number of rotatable bonds is 1. The monoisotopic (exact) mass is 88.0 g/mol. The molecular weight excluding hydrogens is 80.1 g/mol. The van der Waals surface area contributed by atoms with Gasteiger partial charge in [0.05, 0.1) is 0 Å². The maximum absolute atomic E-state index is 8.12. The molecule has 0 unspecified atom stereocenters. The van der Waals surface area contributed by atoms with Crippen molar-refractivity contribution in [3.8, 4) is 0 Å². The molecule has 0 saturated heterocycles. The van der Waals surface area contributed by atoms with Crippen molar-refractivity contribution < 1.29 is 4.80 Å². The average Bonchev–Trinajstić information content (AvgIpc) is 1.41. The molecule has 0 aliphatic heterocycles. The van der Waals surface area contributed by atoms with Gasteiger partial charge in [0.25, 0.3) is 0 Å². The van der Waals surface area contributed by atoms with E-state index >= 15 is 0 Å². The summed E-state index contributed by atoms with van der Waals surface area (Å²) in [5.41, 5.74) is 1.82. The van der Waals surface area contributed by atoms with Crippen LogP contribution in [0, 0.1) is 0 Å². The first kappa shape index (κ1) is 4.92. The smallest absolute Gasteiger partial charge is 0.180 e. The van der Waals surface area contributed by atoms with Crippen LogP contribution in [0.2, 0.25) is 0 Å². The Labute approximate surface area is 34.3 Å². The van der Waals surface area contributed by atoms with Crippen LogP contribution >= 0.6 is 0 Å². The summed E-state index contributed by atoms with van der Waals surface area (Å²) in [5.74, 6) is 0. The molecule has 0 radical (unpaired) electrons. The fraction of sp³-hybridized carbons (Fsp3) is 0.333. The van der Waals surface area contributed by atoms with E-state index in [1.165, 1.54) is 0 Å². The molecule has 0 atom stereocenters. The molecule has 5 heavy (non-hydrogen) atoms. The van der Waals surface area contributed by atoms with Crippen molar-refractivity contribution in [3.63, 3.8) is 0 Å². The fourth-order valence-electron chi connectivity index (χ4n) is 0.105. The van der Waals surface area contributed by atoms with E-state index in [0.29, 0.717) is 0 Å². The molecule has 0 aromatic heterocycles. The topological polar surface area (TPSA) is 20.2 Å². The molecule has 0 rings (SSSR count). The predicted octanol–water partition coefficient (Wildman–Crippen LogP) is -0.404. The maximum Gasteiger partial charge on any atom is 0.180 e. The zero-order valence-corrected chi connectivity index (χ0v) is 4.72. The van der Waals surface area contributed by atoms with Crippen LogP contribution in [0.3, 0.4) is 0 Å². The van der Waals surface area contributed by atoms with E-state index in [1.807, 2.05) is 18.7 Å². The summed E-state index contributed by atoms with van der Waals surface area (Å²) < 4.78 is 0. The average molecular weight is 88.2 g/mol. The SMILES string of the molecule is CC=C[SiH2]O. The third kappa shape index (κ3) is 3.92. The zero-order chi connectivity index (χ0) is 4.12. The molecule has 0 aliphatic rings. The van der Waals surface area contributed by atoms with Crippen molar-refractivity contribution in [3.05, 3.63) is 11.8 Å². The first-order chi connectivity index (χ1) is 2.41. The van der Waals surface area contributed by atoms with Crippen molar-refractivity contribution in [1.82, 2.24) is 0 Å². The minimum atomic E-state index is -0.767. The summed E-state index contributed by atoms with van der Waals surface area (Å²) >= 11 is 0. The fourth-order valence-corrected chi connectivity index (χ4v) is 0.316. The number of allylic oxidation sites excluding steroid dienone is 1. The van der Waals surface area contributed by atoms with E-state index in [1.54, 1.807) is 0 Å². The number of hydrogen-bond donors (Lipinski definition) is 1. The van der Waals surface area contributed by atoms with Crippen molar-refractivity contribution in [1.29, 1.82) is 0 Å². The van der Waals surface area contributed by atoms with Gasteiger partial charge in [0.1, 0.15) is 0 Å². The normalized spacial score (nSPS) is 12.4. The van der Waals surface area contributed by atoms with Crippen LogP contribution in [0.4, 0.5) is 0 Å². The quantitative estimate of drug-likeness (QED) is 0.432. The molecule has 0 heterocycles. The Bertz CT molecular complexity index is 33.9. The van der Waals surface area contributed by atoms with Gasteiger partial charge in [-0.3, -0.25) is 0 Å². The lowest BCUT2D eigenvalue weighted by Gasteiger charge is -1.64. The van der Waals surface area contributed by atoms with E-state index in [-0.39, 0.29) is 0 Å². The number of hydrogen-bond acceptors (Lipinski definition) is 1. The molecule has 0 spiro atoms. The van der Waals surface area contributed by atoms with Gasteiger partial charge >= 0.3 is 0 Å². The third-order valence-electron chi connectivity index (χ3n) is 0.341. The highest BCUT2D eigenvalue weighted by molar-refractivity contribution is 6.32. The van der Waals surface area contributed by atoms with Crippen molar-refractivity contribution in [2.75, 3.05) is 0 Å². The summed E-state index contributed by atoms with van der Waals surface area (Å²) in [6.45, 7) is 1.91. The minimum absolute atomic E-state index is 0.767. The molecule has 1 nitrogen and oxygen atoms in total. The Kier molecular flexibility index (Phi) is 3.85. The predicted molar refractivity (Wildman–Crippen MR) is 25.6 cm³/mol. The van der Waals surface area contributed by atoms with Gasteiger partial charge in [-0.05, 0) is 6.92 Å². The molecule has 0 aromatic carbocycles. The van der Waals surface area contributed by atoms with Crippen molar-refractivity contribution in [2.45, 2.75) is 6.92 Å². The summed E-state index contributed by atoms with van der Waals surface area (Å²) in [6, 6.07) is 0. The molecule has 0 amide bonds. The van der Waals surface area contributed by atoms with E-state index in [0.717, 1.165) is 0 Å². The maximum atomic E-state index is 8.12. The van der Waals surface area contributed by atoms with Gasteiger partial charge in [-0.2, -0.15) is 0 Å². The highest BCUT2D eigenvalue weighted by Gasteiger charge is 1.56. The van der Waals surface area contributed by atoms with E-state index < -0.39 is 9.76 Å². The van der Waals surface area contributed by atoms with E-state index in [2.05, 4.69) is 0 Å². The Morgan fingerprint density at radius 3 is 2.40 bits per heavy atom. The van der Waals surface area contributed by atoms with Crippen LogP contribution in [-0.4, -0.2) is 14.6 Å². The first-order valence-electron chi connectivity index (χ1n) is 1.64. The zero-order valence-electron chi connectivity index (χ0n) is 3.31. The summed E-state index contributed by atoms with van der Waals surface area (Å²) in [4.78, 5) is 8.12. The van der Waals surface area contributed by atoms with Crippen LogP contribution < -0.4 is 0 Å². The van der Waals surface area contributed by atoms with Crippen molar-refractivity contribution >= 4 is 9.76 Å². The Balaban J connectivity index is 2.62. The van der Waals surface area contributed by atoms with Gasteiger partial charge in [-0.15, -0.1) is 0 Å². The second-order valence-electron chi connectivity index (χ2n) is 0.752. The Morgan fingerprint density at radius 2 is 2.40 bits per heavy atom. The van der Waals surface area contributed by atoms with Crippen LogP contribution in [-0.2, 0) is 0 Å². The minimum Gasteiger partial charge on any atom is -0.434 e. The molecule has 0 aliphatic carbocycles. The van der Waals surface area contributed by atoms with Crippen LogP contribution in [0.5, 0.6) is 0 Å². The standard InChI is InChI=1S/C3H8OSi/c1-2-3-5-4/h2-4H,5H2,1H3. The lowest BCUT2D eigenvalue weighted by Crippen LogP contribution is -1.73. The van der Waals surface area contributed by atoms with E-state index in [4.69, 9.17) is 4.80 Å². The van der Waals surface area contributed by atoms with Gasteiger partial charge in [-0.25, -0.2) is 0 Å². The molecule has 30 valence electrons. The molecule has 2 heteroatoms. The van der Waals surface area contributed by atoms with Gasteiger partial charge < -0.3 is 4.80 Å². The third-order valence-corrected chi connectivity index (χ3v) is 1.02. The summed E-state index contributed by atoms with van der Waals surface area (Å²) in [6.07, 6.45) is 1.87. The highest BCUT2D eigenvalue weighted by atomic mass is 28.2. The molecule has 0 saturated carbocycles. The van der Waals surface area contributed by atoms with Gasteiger partial charge in [0.2, 0.25) is 0 Å². The second kappa shape index (κ2) is 3.92. The van der Waals surface area contributed by atoms with Gasteiger partial charge in [0, 0.05) is 0 Å². The Morgan fingerprint density at radius 1 is 1.80 bits per heavy atom. The van der Waals surface area contributed by atoms with E-state index in [9.17, 15) is 0 Å².